The quantitative estimate of drug-likeness (QED) is 0.389. The van der Waals surface area contributed by atoms with Crippen LogP contribution in [0.5, 0.6) is 5.75 Å². The first-order chi connectivity index (χ1) is 16.5. The van der Waals surface area contributed by atoms with Gasteiger partial charge in [-0.05, 0) is 48.2 Å². The van der Waals surface area contributed by atoms with E-state index >= 15 is 0 Å². The first-order valence-electron chi connectivity index (χ1n) is 10.6. The zero-order chi connectivity index (χ0) is 23.7. The Bertz CT molecular complexity index is 1350. The molecule has 2 aromatic heterocycles. The summed E-state index contributed by atoms with van der Waals surface area (Å²) in [6, 6.07) is 16.5. The molecule has 5 rings (SSSR count). The number of amides is 2. The van der Waals surface area contributed by atoms with E-state index in [4.69, 9.17) is 9.26 Å². The summed E-state index contributed by atoms with van der Waals surface area (Å²) in [6.45, 7) is 2.26. The topological polar surface area (TPSA) is 80.5 Å². The molecule has 1 atom stereocenters. The Morgan fingerprint density at radius 2 is 2.00 bits per heavy atom. The maximum atomic E-state index is 13.6. The number of nitrogens with zero attached hydrogens (tertiary/aromatic N) is 3. The van der Waals surface area contributed by atoms with Crippen LogP contribution in [-0.2, 0) is 6.54 Å². The van der Waals surface area contributed by atoms with Crippen molar-refractivity contribution in [1.82, 2.24) is 20.4 Å². The number of carbonyl (C=O) groups is 1. The number of hydrogen-bond donors (Lipinski definition) is 1. The number of benzene rings is 2. The van der Waals surface area contributed by atoms with E-state index in [1.807, 2.05) is 48.7 Å². The predicted octanol–water partition coefficient (Wildman–Crippen LogP) is 5.64. The molecule has 1 N–H and O–H groups in total. The molecular weight excluding hydrogens is 455 g/mol. The number of allylic oxidation sites excluding steroid dienone is 1. The van der Waals surface area contributed by atoms with Crippen molar-refractivity contribution in [2.75, 3.05) is 7.11 Å². The molecule has 0 fully saturated rings. The molecule has 1 unspecified atom stereocenters. The summed E-state index contributed by atoms with van der Waals surface area (Å²) in [6.07, 6.45) is 0. The summed E-state index contributed by atoms with van der Waals surface area (Å²) in [5.74, 6) is 0.996. The number of thiophene rings is 1. The van der Waals surface area contributed by atoms with Crippen molar-refractivity contribution in [3.63, 3.8) is 0 Å². The van der Waals surface area contributed by atoms with Gasteiger partial charge in [-0.25, -0.2) is 9.18 Å². The molecule has 0 saturated carbocycles. The van der Waals surface area contributed by atoms with Crippen LogP contribution in [0.25, 0.3) is 17.0 Å². The Hall–Kier alpha value is -3.98. The molecule has 0 saturated heterocycles. The number of aromatic nitrogens is 2. The molecule has 0 bridgehead atoms. The molecule has 3 heterocycles. The second-order valence-corrected chi connectivity index (χ2v) is 8.79. The van der Waals surface area contributed by atoms with Gasteiger partial charge in [-0.2, -0.15) is 4.98 Å². The van der Waals surface area contributed by atoms with Crippen molar-refractivity contribution >= 4 is 22.9 Å². The van der Waals surface area contributed by atoms with Gasteiger partial charge in [0.25, 0.3) is 5.89 Å². The lowest BCUT2D eigenvalue weighted by Crippen LogP contribution is -2.45. The minimum absolute atomic E-state index is 0.253. The van der Waals surface area contributed by atoms with Crippen molar-refractivity contribution in [3.05, 3.63) is 93.9 Å². The van der Waals surface area contributed by atoms with Gasteiger partial charge in [-0.15, -0.1) is 11.3 Å². The Labute approximate surface area is 199 Å². The van der Waals surface area contributed by atoms with Crippen molar-refractivity contribution < 1.29 is 18.4 Å². The van der Waals surface area contributed by atoms with Crippen LogP contribution in [0.15, 0.2) is 76.3 Å². The minimum Gasteiger partial charge on any atom is -0.497 e. The van der Waals surface area contributed by atoms with Gasteiger partial charge in [-0.1, -0.05) is 35.5 Å². The van der Waals surface area contributed by atoms with Gasteiger partial charge in [0, 0.05) is 16.1 Å². The molecule has 0 aliphatic carbocycles. The summed E-state index contributed by atoms with van der Waals surface area (Å²) >= 11 is 1.57. The van der Waals surface area contributed by atoms with Crippen LogP contribution >= 0.6 is 11.3 Å². The highest BCUT2D eigenvalue weighted by Crippen LogP contribution is 2.38. The van der Waals surface area contributed by atoms with Crippen LogP contribution in [-0.4, -0.2) is 28.2 Å². The lowest BCUT2D eigenvalue weighted by Gasteiger charge is -2.35. The summed E-state index contributed by atoms with van der Waals surface area (Å²) in [5.41, 5.74) is 2.79. The van der Waals surface area contributed by atoms with Crippen LogP contribution in [0.1, 0.15) is 29.3 Å². The van der Waals surface area contributed by atoms with Crippen LogP contribution in [0.4, 0.5) is 9.18 Å². The number of hydrogen-bond acceptors (Lipinski definition) is 6. The molecule has 1 aliphatic heterocycles. The van der Waals surface area contributed by atoms with Gasteiger partial charge in [0.05, 0.1) is 25.3 Å². The van der Waals surface area contributed by atoms with Crippen LogP contribution in [0, 0.1) is 5.82 Å². The smallest absolute Gasteiger partial charge is 0.322 e. The number of ether oxygens (including phenoxy) is 1. The van der Waals surface area contributed by atoms with Gasteiger partial charge >= 0.3 is 6.03 Å². The predicted molar refractivity (Wildman–Crippen MR) is 126 cm³/mol. The van der Waals surface area contributed by atoms with E-state index in [2.05, 4.69) is 15.5 Å². The van der Waals surface area contributed by atoms with Crippen LogP contribution < -0.4 is 10.1 Å². The molecule has 4 aromatic rings. The number of nitrogens with one attached hydrogen (secondary N) is 1. The monoisotopic (exact) mass is 476 g/mol. The average molecular weight is 477 g/mol. The molecule has 0 radical (unpaired) electrons. The fourth-order valence-corrected chi connectivity index (χ4v) is 4.62. The number of urea groups is 1. The number of methoxy groups -OCH3 is 1. The van der Waals surface area contributed by atoms with Gasteiger partial charge in [0.1, 0.15) is 11.6 Å². The lowest BCUT2D eigenvalue weighted by atomic mass is 9.94. The van der Waals surface area contributed by atoms with Gasteiger partial charge in [0.2, 0.25) is 5.82 Å². The van der Waals surface area contributed by atoms with E-state index in [-0.39, 0.29) is 17.7 Å². The number of carbonyl (C=O) groups excluding carboxylic acids is 1. The summed E-state index contributed by atoms with van der Waals surface area (Å²) in [5, 5.41) is 9.16. The molecule has 2 aromatic carbocycles. The molecule has 2 amide bonds. The van der Waals surface area contributed by atoms with E-state index in [9.17, 15) is 9.18 Å². The fourth-order valence-electron chi connectivity index (χ4n) is 3.92. The Balaban J connectivity index is 1.59. The standard InChI is InChI=1S/C25H21FN4O3S/c1-15-21(24-28-23(29-33-24)17-5-3-6-19(13-17)32-2)22(16-8-10-18(26)11-9-16)27-25(31)30(15)14-20-7-4-12-34-20/h3-13,22H,14H2,1-2H3,(H,27,31). The van der Waals surface area contributed by atoms with Crippen molar-refractivity contribution in [2.24, 2.45) is 0 Å². The molecule has 0 spiro atoms. The number of rotatable bonds is 6. The lowest BCUT2D eigenvalue weighted by molar-refractivity contribution is 0.203. The first-order valence-corrected chi connectivity index (χ1v) is 11.5. The Morgan fingerprint density at radius 3 is 2.74 bits per heavy atom. The van der Waals surface area contributed by atoms with Gasteiger partial charge < -0.3 is 14.6 Å². The molecule has 9 heteroatoms. The first kappa shape index (κ1) is 21.8. The van der Waals surface area contributed by atoms with Crippen molar-refractivity contribution in [1.29, 1.82) is 0 Å². The minimum atomic E-state index is -0.578. The Kier molecular flexibility index (Phi) is 5.85. The highest BCUT2D eigenvalue weighted by molar-refractivity contribution is 7.09. The highest BCUT2D eigenvalue weighted by atomic mass is 32.1. The second kappa shape index (κ2) is 9.11. The second-order valence-electron chi connectivity index (χ2n) is 7.75. The third-order valence-electron chi connectivity index (χ3n) is 5.68. The molecule has 34 heavy (non-hydrogen) atoms. The van der Waals surface area contributed by atoms with Crippen LogP contribution in [0.3, 0.4) is 0 Å². The third kappa shape index (κ3) is 4.17. The summed E-state index contributed by atoms with van der Waals surface area (Å²) in [7, 11) is 1.59. The normalized spacial score (nSPS) is 16.0. The van der Waals surface area contributed by atoms with Crippen molar-refractivity contribution in [3.8, 4) is 17.1 Å². The summed E-state index contributed by atoms with van der Waals surface area (Å²) in [4.78, 5) is 20.4. The average Bonchev–Trinajstić information content (AvgIpc) is 3.54. The van der Waals surface area contributed by atoms with E-state index in [1.54, 1.807) is 35.5 Å². The molecule has 7 nitrogen and oxygen atoms in total. The zero-order valence-corrected chi connectivity index (χ0v) is 19.3. The Morgan fingerprint density at radius 1 is 1.18 bits per heavy atom. The van der Waals surface area contributed by atoms with Crippen LogP contribution in [0.2, 0.25) is 0 Å². The third-order valence-corrected chi connectivity index (χ3v) is 6.54. The fraction of sp³-hybridized carbons (Fsp3) is 0.160. The van der Waals surface area contributed by atoms with Gasteiger partial charge in [0.15, 0.2) is 0 Å². The molecule has 172 valence electrons. The van der Waals surface area contributed by atoms with E-state index in [0.717, 1.165) is 10.4 Å². The molecular formula is C25H21FN4O3S. The summed E-state index contributed by atoms with van der Waals surface area (Å²) < 4.78 is 24.6. The van der Waals surface area contributed by atoms with E-state index in [1.165, 1.54) is 12.1 Å². The molecule has 1 aliphatic rings. The SMILES string of the molecule is COc1cccc(-c2noc(C3=C(C)N(Cc4cccs4)C(=O)NC3c3ccc(F)cc3)n2)c1. The van der Waals surface area contributed by atoms with Gasteiger partial charge in [-0.3, -0.25) is 4.90 Å². The highest BCUT2D eigenvalue weighted by Gasteiger charge is 2.36. The zero-order valence-electron chi connectivity index (χ0n) is 18.5. The number of halogens is 1. The van der Waals surface area contributed by atoms with Crippen molar-refractivity contribution in [2.45, 2.75) is 19.5 Å². The largest absolute Gasteiger partial charge is 0.497 e. The van der Waals surface area contributed by atoms with E-state index in [0.29, 0.717) is 35.0 Å². The maximum absolute atomic E-state index is 13.6. The maximum Gasteiger partial charge on any atom is 0.322 e. The van der Waals surface area contributed by atoms with E-state index < -0.39 is 6.04 Å².